The topological polar surface area (TPSA) is 105 Å². The van der Waals surface area contributed by atoms with Gasteiger partial charge in [-0.25, -0.2) is 14.6 Å². The van der Waals surface area contributed by atoms with Gasteiger partial charge < -0.3 is 5.73 Å². The molecule has 1 aromatic carbocycles. The van der Waals surface area contributed by atoms with Gasteiger partial charge in [0, 0.05) is 12.5 Å². The van der Waals surface area contributed by atoms with Crippen LogP contribution < -0.4 is 5.73 Å². The maximum Gasteiger partial charge on any atom is 0.225 e. The molecule has 2 N–H and O–H groups in total. The van der Waals surface area contributed by atoms with E-state index in [0.29, 0.717) is 18.9 Å². The lowest BCUT2D eigenvalue weighted by Crippen LogP contribution is -2.15. The fourth-order valence-electron chi connectivity index (χ4n) is 2.73. The summed E-state index contributed by atoms with van der Waals surface area (Å²) < 4.78 is 3.63. The molecular formula is C17H21N7O. The Morgan fingerprint density at radius 3 is 2.76 bits per heavy atom. The van der Waals surface area contributed by atoms with Crippen molar-refractivity contribution in [2.75, 3.05) is 0 Å². The minimum Gasteiger partial charge on any atom is -0.369 e. The molecule has 0 aliphatic rings. The molecule has 0 saturated heterocycles. The number of benzene rings is 1. The van der Waals surface area contributed by atoms with Crippen molar-refractivity contribution in [3.8, 4) is 0 Å². The smallest absolute Gasteiger partial charge is 0.225 e. The number of amides is 1. The monoisotopic (exact) mass is 339 g/mol. The van der Waals surface area contributed by atoms with Crippen molar-refractivity contribution < 1.29 is 4.79 Å². The van der Waals surface area contributed by atoms with E-state index >= 15 is 0 Å². The lowest BCUT2D eigenvalue weighted by molar-refractivity contribution is -0.117. The maximum atomic E-state index is 11.2. The Hall–Kier alpha value is -3.03. The summed E-state index contributed by atoms with van der Waals surface area (Å²) >= 11 is 0. The highest BCUT2D eigenvalue weighted by atomic mass is 16.1. The molecule has 130 valence electrons. The summed E-state index contributed by atoms with van der Waals surface area (Å²) in [5.41, 5.74) is 6.51. The fourth-order valence-corrected chi connectivity index (χ4v) is 2.73. The molecule has 0 spiro atoms. The molecule has 3 rings (SSSR count). The van der Waals surface area contributed by atoms with Crippen molar-refractivity contribution in [1.29, 1.82) is 0 Å². The molecule has 8 nitrogen and oxygen atoms in total. The van der Waals surface area contributed by atoms with Gasteiger partial charge in [-0.15, -0.1) is 0 Å². The van der Waals surface area contributed by atoms with Gasteiger partial charge in [-0.1, -0.05) is 37.3 Å². The molecular weight excluding hydrogens is 318 g/mol. The van der Waals surface area contributed by atoms with Crippen molar-refractivity contribution in [2.45, 2.75) is 38.8 Å². The Kier molecular flexibility index (Phi) is 5.17. The second-order valence-electron chi connectivity index (χ2n) is 6.01. The van der Waals surface area contributed by atoms with E-state index in [0.717, 1.165) is 12.2 Å². The minimum atomic E-state index is -0.435. The largest absolute Gasteiger partial charge is 0.369 e. The van der Waals surface area contributed by atoms with Gasteiger partial charge in [0.1, 0.15) is 18.5 Å². The molecule has 3 aromatic rings. The molecule has 2 heterocycles. The molecule has 2 aromatic heterocycles. The molecule has 0 saturated carbocycles. The van der Waals surface area contributed by atoms with Crippen LogP contribution in [0.3, 0.4) is 0 Å². The van der Waals surface area contributed by atoms with E-state index in [4.69, 9.17) is 5.73 Å². The van der Waals surface area contributed by atoms with Gasteiger partial charge in [0.2, 0.25) is 5.91 Å². The predicted octanol–water partition coefficient (Wildman–Crippen LogP) is 0.944. The van der Waals surface area contributed by atoms with Gasteiger partial charge in [-0.2, -0.15) is 10.2 Å². The predicted molar refractivity (Wildman–Crippen MR) is 91.5 cm³/mol. The molecule has 1 amide bonds. The van der Waals surface area contributed by atoms with Gasteiger partial charge in [-0.3, -0.25) is 9.48 Å². The second-order valence-corrected chi connectivity index (χ2v) is 6.01. The van der Waals surface area contributed by atoms with Gasteiger partial charge in [0.25, 0.3) is 0 Å². The first kappa shape index (κ1) is 16.8. The standard InChI is InChI=1S/C17H21N7O/c1-13(10-23-12-19-11-20-23)17-21-16(9-15(18)25)22-24(17)8-7-14-5-3-2-4-6-14/h2-6,11-13H,7-10H2,1H3,(H2,18,25). The number of primary amides is 1. The Morgan fingerprint density at radius 1 is 1.28 bits per heavy atom. The van der Waals surface area contributed by atoms with Crippen molar-refractivity contribution in [1.82, 2.24) is 29.5 Å². The first-order chi connectivity index (χ1) is 12.1. The summed E-state index contributed by atoms with van der Waals surface area (Å²) in [6.45, 7) is 3.38. The van der Waals surface area contributed by atoms with Gasteiger partial charge >= 0.3 is 0 Å². The summed E-state index contributed by atoms with van der Waals surface area (Å²) in [6.07, 6.45) is 4.06. The van der Waals surface area contributed by atoms with E-state index in [1.165, 1.54) is 11.9 Å². The Balaban J connectivity index is 1.78. The molecule has 0 bridgehead atoms. The molecule has 0 fully saturated rings. The molecule has 8 heteroatoms. The molecule has 1 atom stereocenters. The summed E-state index contributed by atoms with van der Waals surface area (Å²) in [5.74, 6) is 0.922. The molecule has 1 unspecified atom stereocenters. The van der Waals surface area contributed by atoms with Crippen LogP contribution in [0, 0.1) is 0 Å². The highest BCUT2D eigenvalue weighted by Gasteiger charge is 2.18. The minimum absolute atomic E-state index is 0.0430. The third-order valence-electron chi connectivity index (χ3n) is 3.90. The van der Waals surface area contributed by atoms with Crippen LogP contribution in [0.5, 0.6) is 0 Å². The number of carbonyl (C=O) groups is 1. The zero-order valence-corrected chi connectivity index (χ0v) is 14.1. The highest BCUT2D eigenvalue weighted by Crippen LogP contribution is 2.16. The summed E-state index contributed by atoms with van der Waals surface area (Å²) in [7, 11) is 0. The third kappa shape index (κ3) is 4.50. The first-order valence-electron chi connectivity index (χ1n) is 8.20. The Bertz CT molecular complexity index is 811. The number of aromatic nitrogens is 6. The lowest BCUT2D eigenvalue weighted by Gasteiger charge is -2.12. The zero-order valence-electron chi connectivity index (χ0n) is 14.1. The van der Waals surface area contributed by atoms with E-state index in [9.17, 15) is 4.79 Å². The lowest BCUT2D eigenvalue weighted by atomic mass is 10.1. The summed E-state index contributed by atoms with van der Waals surface area (Å²) in [5, 5.41) is 8.61. The van der Waals surface area contributed by atoms with Crippen LogP contribution in [0.15, 0.2) is 43.0 Å². The van der Waals surface area contributed by atoms with Crippen molar-refractivity contribution in [3.63, 3.8) is 0 Å². The van der Waals surface area contributed by atoms with Crippen LogP contribution in [-0.2, 0) is 30.7 Å². The first-order valence-corrected chi connectivity index (χ1v) is 8.20. The molecule has 0 radical (unpaired) electrons. The molecule has 0 aliphatic heterocycles. The van der Waals surface area contributed by atoms with Crippen molar-refractivity contribution >= 4 is 5.91 Å². The van der Waals surface area contributed by atoms with Crippen LogP contribution >= 0.6 is 0 Å². The number of carbonyl (C=O) groups excluding carboxylic acids is 1. The Labute approximate surface area is 145 Å². The van der Waals surface area contributed by atoms with Crippen molar-refractivity contribution in [2.24, 2.45) is 5.73 Å². The number of aryl methyl sites for hydroxylation is 2. The quantitative estimate of drug-likeness (QED) is 0.658. The van der Waals surface area contributed by atoms with Gasteiger partial charge in [0.15, 0.2) is 5.82 Å². The van der Waals surface area contributed by atoms with E-state index in [1.54, 1.807) is 11.0 Å². The van der Waals surface area contributed by atoms with E-state index < -0.39 is 5.91 Å². The Morgan fingerprint density at radius 2 is 2.08 bits per heavy atom. The van der Waals surface area contributed by atoms with Gasteiger partial charge in [-0.05, 0) is 12.0 Å². The van der Waals surface area contributed by atoms with Gasteiger partial charge in [0.05, 0.1) is 13.0 Å². The third-order valence-corrected chi connectivity index (χ3v) is 3.90. The molecule has 0 aliphatic carbocycles. The SMILES string of the molecule is CC(Cn1cncn1)c1nc(CC(N)=O)nn1CCc1ccccc1. The number of rotatable bonds is 8. The number of hydrogen-bond donors (Lipinski definition) is 1. The van der Waals surface area contributed by atoms with E-state index in [-0.39, 0.29) is 12.3 Å². The number of nitrogens with zero attached hydrogens (tertiary/aromatic N) is 6. The van der Waals surface area contributed by atoms with Crippen LogP contribution in [0.2, 0.25) is 0 Å². The average Bonchev–Trinajstić information content (AvgIpc) is 3.23. The summed E-state index contributed by atoms with van der Waals surface area (Å²) in [6, 6.07) is 10.2. The molecule has 25 heavy (non-hydrogen) atoms. The summed E-state index contributed by atoms with van der Waals surface area (Å²) in [4.78, 5) is 19.7. The second kappa shape index (κ2) is 7.69. The van der Waals surface area contributed by atoms with Crippen LogP contribution in [0.1, 0.15) is 30.1 Å². The number of nitrogens with two attached hydrogens (primary N) is 1. The average molecular weight is 339 g/mol. The highest BCUT2D eigenvalue weighted by molar-refractivity contribution is 5.75. The normalized spacial score (nSPS) is 12.2. The van der Waals surface area contributed by atoms with E-state index in [2.05, 4.69) is 39.2 Å². The fraction of sp³-hybridized carbons (Fsp3) is 0.353. The zero-order chi connectivity index (χ0) is 17.6. The number of hydrogen-bond acceptors (Lipinski definition) is 5. The van der Waals surface area contributed by atoms with E-state index in [1.807, 2.05) is 22.9 Å². The van der Waals surface area contributed by atoms with Crippen LogP contribution in [0.4, 0.5) is 0 Å². The van der Waals surface area contributed by atoms with Crippen LogP contribution in [-0.4, -0.2) is 35.4 Å². The van der Waals surface area contributed by atoms with Crippen LogP contribution in [0.25, 0.3) is 0 Å². The maximum absolute atomic E-state index is 11.2. The van der Waals surface area contributed by atoms with Crippen molar-refractivity contribution in [3.05, 3.63) is 60.2 Å².